The first-order chi connectivity index (χ1) is 16.1. The Morgan fingerprint density at radius 3 is 2.79 bits per heavy atom. The lowest BCUT2D eigenvalue weighted by Gasteiger charge is -2.32. The molecule has 1 fully saturated rings. The van der Waals surface area contributed by atoms with Gasteiger partial charge >= 0.3 is 0 Å². The fourth-order valence-electron chi connectivity index (χ4n) is 4.24. The highest BCUT2D eigenvalue weighted by Gasteiger charge is 2.34. The molecule has 3 unspecified atom stereocenters. The normalized spacial score (nSPS) is 21.9. The third kappa shape index (κ3) is 5.41. The molecular formula is C24H33N5O4S. The first-order valence-electron chi connectivity index (χ1n) is 11.5. The van der Waals surface area contributed by atoms with Gasteiger partial charge in [-0.2, -0.15) is 4.40 Å². The number of carbonyl (C=O) groups is 1. The molecule has 34 heavy (non-hydrogen) atoms. The summed E-state index contributed by atoms with van der Waals surface area (Å²) in [6.07, 6.45) is 0.555. The number of β-amino-alcohol motifs (C(OH)–C–C–N with tert-alkyl or cyclic N) is 1. The third-order valence-electron chi connectivity index (χ3n) is 6.05. The van der Waals surface area contributed by atoms with Crippen LogP contribution in [0, 0.1) is 12.3 Å². The van der Waals surface area contributed by atoms with Crippen LogP contribution in [0.3, 0.4) is 0 Å². The van der Waals surface area contributed by atoms with E-state index in [4.69, 9.17) is 4.42 Å². The number of benzene rings is 1. The number of carbonyl (C=O) groups excluding carboxylic acids is 1. The lowest BCUT2D eigenvalue weighted by molar-refractivity contribution is 0.0471. The number of phenols is 1. The van der Waals surface area contributed by atoms with Crippen LogP contribution in [0.25, 0.3) is 0 Å². The standard InChI is InChI=1S/C24H33N5O4S/c1-14-10-11-18(33-14)20(24(2,3)4)26-22-21(27-34-28-22)25-17-9-5-8-16(19(17)31)23(32)29-12-6-7-15(30)13-29/h5,8-11,15,20,22,26,28,30-31H,6-7,12-13H2,1-4H3,(H,25,27). The third-order valence-corrected chi connectivity index (χ3v) is 6.68. The lowest BCUT2D eigenvalue weighted by atomic mass is 9.85. The number of phenolic OH excluding ortho intramolecular Hbond substituents is 1. The Balaban J connectivity index is 1.51. The fourth-order valence-corrected chi connectivity index (χ4v) is 4.83. The van der Waals surface area contributed by atoms with Gasteiger partial charge in [-0.25, -0.2) is 4.72 Å². The van der Waals surface area contributed by atoms with Crippen LogP contribution in [0.2, 0.25) is 0 Å². The van der Waals surface area contributed by atoms with Crippen LogP contribution >= 0.6 is 12.1 Å². The summed E-state index contributed by atoms with van der Waals surface area (Å²) in [5, 5.41) is 27.6. The van der Waals surface area contributed by atoms with Crippen LogP contribution < -0.4 is 15.4 Å². The molecule has 0 spiro atoms. The zero-order chi connectivity index (χ0) is 24.5. The molecule has 2 aliphatic heterocycles. The van der Waals surface area contributed by atoms with Crippen molar-refractivity contribution in [3.8, 4) is 5.75 Å². The second-order valence-electron chi connectivity index (χ2n) is 9.91. The molecule has 4 rings (SSSR count). The van der Waals surface area contributed by atoms with E-state index in [0.717, 1.165) is 17.9 Å². The molecule has 0 saturated carbocycles. The molecule has 0 aliphatic carbocycles. The van der Waals surface area contributed by atoms with E-state index < -0.39 is 6.10 Å². The van der Waals surface area contributed by atoms with Gasteiger partial charge in [-0.05, 0) is 49.4 Å². The number of hydrogen-bond donors (Lipinski definition) is 5. The zero-order valence-corrected chi connectivity index (χ0v) is 20.8. The van der Waals surface area contributed by atoms with E-state index in [0.29, 0.717) is 24.5 Å². The molecule has 0 radical (unpaired) electrons. The van der Waals surface area contributed by atoms with E-state index in [1.165, 1.54) is 12.1 Å². The van der Waals surface area contributed by atoms with Crippen LogP contribution in [-0.2, 0) is 0 Å². The number of hydrogen-bond acceptors (Lipinski definition) is 9. The number of amides is 1. The van der Waals surface area contributed by atoms with Crippen LogP contribution in [0.5, 0.6) is 5.75 Å². The summed E-state index contributed by atoms with van der Waals surface area (Å²) < 4.78 is 13.6. The maximum absolute atomic E-state index is 13.0. The van der Waals surface area contributed by atoms with Gasteiger partial charge in [0.2, 0.25) is 0 Å². The quantitative estimate of drug-likeness (QED) is 0.321. The molecule has 1 amide bonds. The van der Waals surface area contributed by atoms with E-state index in [1.54, 1.807) is 23.1 Å². The van der Waals surface area contributed by atoms with E-state index in [2.05, 4.69) is 40.5 Å². The first-order valence-corrected chi connectivity index (χ1v) is 12.3. The van der Waals surface area contributed by atoms with Crippen LogP contribution in [0.1, 0.15) is 61.5 Å². The number of furan rings is 1. The Morgan fingerprint density at radius 1 is 1.32 bits per heavy atom. The molecule has 184 valence electrons. The molecule has 10 heteroatoms. The van der Waals surface area contributed by atoms with Gasteiger partial charge < -0.3 is 24.8 Å². The van der Waals surface area contributed by atoms with Gasteiger partial charge in [-0.1, -0.05) is 26.8 Å². The Bertz CT molecular complexity index is 1060. The SMILES string of the molecule is Cc1ccc(C(NC2NSN=C2Nc2cccc(C(=O)N3CCCC(O)C3)c2O)C(C)(C)C)o1. The van der Waals surface area contributed by atoms with Gasteiger partial charge in [0.15, 0.2) is 5.75 Å². The number of nitrogens with one attached hydrogen (secondary N) is 3. The summed E-state index contributed by atoms with van der Waals surface area (Å²) in [5.41, 5.74) is 0.443. The number of aliphatic hydroxyl groups is 1. The van der Waals surface area contributed by atoms with E-state index in [9.17, 15) is 15.0 Å². The van der Waals surface area contributed by atoms with E-state index in [1.807, 2.05) is 19.1 Å². The van der Waals surface area contributed by atoms with Crippen molar-refractivity contribution in [3.05, 3.63) is 47.4 Å². The average Bonchev–Trinajstić information content (AvgIpc) is 3.40. The number of amidine groups is 1. The summed E-state index contributed by atoms with van der Waals surface area (Å²) in [5.74, 6) is 1.83. The number of anilines is 1. The fraction of sp³-hybridized carbons (Fsp3) is 0.500. The minimum atomic E-state index is -0.530. The number of piperidine rings is 1. The van der Waals surface area contributed by atoms with Crippen LogP contribution in [0.15, 0.2) is 39.1 Å². The molecule has 1 aromatic heterocycles. The van der Waals surface area contributed by atoms with Gasteiger partial charge in [0.25, 0.3) is 5.91 Å². The number of rotatable bonds is 5. The number of aryl methyl sites for hydroxylation is 1. The average molecular weight is 488 g/mol. The topological polar surface area (TPSA) is 122 Å². The van der Waals surface area contributed by atoms with Gasteiger partial charge in [0.1, 0.15) is 23.5 Å². The highest BCUT2D eigenvalue weighted by atomic mass is 32.2. The summed E-state index contributed by atoms with van der Waals surface area (Å²) in [4.78, 5) is 14.6. The van der Waals surface area contributed by atoms with Crippen molar-refractivity contribution < 1.29 is 19.4 Å². The molecule has 0 bridgehead atoms. The predicted octanol–water partition coefficient (Wildman–Crippen LogP) is 3.57. The number of likely N-dealkylation sites (tertiary alicyclic amines) is 1. The second-order valence-corrected chi connectivity index (χ2v) is 10.5. The van der Waals surface area contributed by atoms with Gasteiger partial charge in [-0.15, -0.1) is 0 Å². The number of aromatic hydroxyl groups is 1. The van der Waals surface area contributed by atoms with E-state index in [-0.39, 0.29) is 41.4 Å². The molecule has 9 nitrogen and oxygen atoms in total. The van der Waals surface area contributed by atoms with Crippen molar-refractivity contribution in [2.75, 3.05) is 18.4 Å². The molecule has 3 atom stereocenters. The molecule has 2 aliphatic rings. The smallest absolute Gasteiger partial charge is 0.257 e. The zero-order valence-electron chi connectivity index (χ0n) is 20.0. The molecule has 2 aromatic rings. The summed E-state index contributed by atoms with van der Waals surface area (Å²) >= 11 is 1.20. The van der Waals surface area contributed by atoms with Crippen molar-refractivity contribution >= 4 is 29.6 Å². The minimum absolute atomic E-state index is 0.101. The van der Waals surface area contributed by atoms with Crippen molar-refractivity contribution in [1.29, 1.82) is 0 Å². The summed E-state index contributed by atoms with van der Waals surface area (Å²) in [6.45, 7) is 9.15. The predicted molar refractivity (Wildman–Crippen MR) is 134 cm³/mol. The van der Waals surface area contributed by atoms with Crippen molar-refractivity contribution in [2.24, 2.45) is 9.81 Å². The van der Waals surface area contributed by atoms with Gasteiger partial charge in [0, 0.05) is 13.1 Å². The van der Waals surface area contributed by atoms with Crippen LogP contribution in [-0.4, -0.2) is 52.2 Å². The van der Waals surface area contributed by atoms with E-state index >= 15 is 0 Å². The van der Waals surface area contributed by atoms with Gasteiger partial charge in [-0.3, -0.25) is 10.1 Å². The molecule has 1 saturated heterocycles. The Kier molecular flexibility index (Phi) is 7.22. The number of nitrogens with zero attached hydrogens (tertiary/aromatic N) is 2. The van der Waals surface area contributed by atoms with Gasteiger partial charge in [0.05, 0.1) is 35.5 Å². The molecule has 3 heterocycles. The Morgan fingerprint density at radius 2 is 2.12 bits per heavy atom. The minimum Gasteiger partial charge on any atom is -0.505 e. The Labute approximate surface area is 204 Å². The van der Waals surface area contributed by atoms with Crippen molar-refractivity contribution in [2.45, 2.75) is 58.8 Å². The molecule has 5 N–H and O–H groups in total. The maximum Gasteiger partial charge on any atom is 0.257 e. The number of aliphatic hydroxyl groups excluding tert-OH is 1. The monoisotopic (exact) mass is 487 g/mol. The first kappa shape index (κ1) is 24.6. The van der Waals surface area contributed by atoms with Crippen LogP contribution in [0.4, 0.5) is 5.69 Å². The summed E-state index contributed by atoms with van der Waals surface area (Å²) in [7, 11) is 0. The summed E-state index contributed by atoms with van der Waals surface area (Å²) in [6, 6.07) is 8.84. The number of para-hydroxylation sites is 1. The lowest BCUT2D eigenvalue weighted by Crippen LogP contribution is -2.49. The molecular weight excluding hydrogens is 454 g/mol. The largest absolute Gasteiger partial charge is 0.505 e. The highest BCUT2D eigenvalue weighted by molar-refractivity contribution is 7.96. The second kappa shape index (κ2) is 9.99. The van der Waals surface area contributed by atoms with Crippen molar-refractivity contribution in [3.63, 3.8) is 0 Å². The Hall–Kier alpha value is -2.53. The maximum atomic E-state index is 13.0. The van der Waals surface area contributed by atoms with Crippen molar-refractivity contribution in [1.82, 2.24) is 14.9 Å². The highest BCUT2D eigenvalue weighted by Crippen LogP contribution is 2.35. The molecule has 1 aromatic carbocycles.